The number of anilines is 1. The van der Waals surface area contributed by atoms with E-state index >= 15 is 0 Å². The maximum Gasteiger partial charge on any atom is 0.238 e. The van der Waals surface area contributed by atoms with Crippen LogP contribution in [0.3, 0.4) is 0 Å². The van der Waals surface area contributed by atoms with E-state index in [0.717, 1.165) is 0 Å². The molecule has 1 saturated heterocycles. The molecule has 0 aromatic heterocycles. The Bertz CT molecular complexity index is 568. The average molecular weight is 336 g/mol. The molecule has 7 heteroatoms. The first-order chi connectivity index (χ1) is 11.4. The lowest BCUT2D eigenvalue weighted by molar-refractivity contribution is -0.137. The van der Waals surface area contributed by atoms with Crippen LogP contribution in [0.2, 0.25) is 0 Å². The van der Waals surface area contributed by atoms with Crippen LogP contribution in [-0.4, -0.2) is 60.4 Å². The zero-order valence-corrected chi connectivity index (χ0v) is 14.2. The molecule has 1 aliphatic rings. The number of carbonyl (C=O) groups is 2. The maximum absolute atomic E-state index is 12.8. The smallest absolute Gasteiger partial charge is 0.238 e. The molecule has 132 valence electrons. The second-order valence-corrected chi connectivity index (χ2v) is 6.30. The Kier molecular flexibility index (Phi) is 6.28. The summed E-state index contributed by atoms with van der Waals surface area (Å²) in [5.41, 5.74) is 6.36. The number of piperazine rings is 1. The highest BCUT2D eigenvalue weighted by Gasteiger charge is 2.27. The van der Waals surface area contributed by atoms with E-state index in [-0.39, 0.29) is 36.1 Å². The Morgan fingerprint density at radius 1 is 1.17 bits per heavy atom. The molecule has 0 bridgehead atoms. The Morgan fingerprint density at radius 3 is 2.29 bits per heavy atom. The lowest BCUT2D eigenvalue weighted by Crippen LogP contribution is -2.53. The van der Waals surface area contributed by atoms with Gasteiger partial charge in [0.2, 0.25) is 11.8 Å². The van der Waals surface area contributed by atoms with Crippen molar-refractivity contribution >= 4 is 17.5 Å². The van der Waals surface area contributed by atoms with E-state index in [1.54, 1.807) is 0 Å². The molecule has 1 heterocycles. The van der Waals surface area contributed by atoms with E-state index < -0.39 is 0 Å². The van der Waals surface area contributed by atoms with Crippen molar-refractivity contribution in [3.05, 3.63) is 30.1 Å². The van der Waals surface area contributed by atoms with Gasteiger partial charge in [0.1, 0.15) is 5.82 Å². The molecule has 1 aliphatic heterocycles. The molecule has 1 fully saturated rings. The number of nitrogens with two attached hydrogens (primary N) is 1. The van der Waals surface area contributed by atoms with Gasteiger partial charge in [-0.1, -0.05) is 6.92 Å². The van der Waals surface area contributed by atoms with Crippen LogP contribution in [0.15, 0.2) is 24.3 Å². The van der Waals surface area contributed by atoms with Crippen molar-refractivity contribution in [3.63, 3.8) is 0 Å². The minimum Gasteiger partial charge on any atom is -0.340 e. The van der Waals surface area contributed by atoms with Crippen LogP contribution < -0.4 is 11.1 Å². The summed E-state index contributed by atoms with van der Waals surface area (Å²) in [5.74, 6) is -0.612. The van der Waals surface area contributed by atoms with Crippen LogP contribution in [-0.2, 0) is 9.59 Å². The Hall–Kier alpha value is -1.99. The molecule has 0 radical (unpaired) electrons. The summed E-state index contributed by atoms with van der Waals surface area (Å²) in [5, 5.41) is 2.74. The zero-order valence-electron chi connectivity index (χ0n) is 14.2. The number of carbonyl (C=O) groups excluding carboxylic acids is 2. The highest BCUT2D eigenvalue weighted by atomic mass is 19.1. The first-order valence-corrected chi connectivity index (χ1v) is 8.19. The van der Waals surface area contributed by atoms with Crippen molar-refractivity contribution in [1.29, 1.82) is 0 Å². The van der Waals surface area contributed by atoms with E-state index in [9.17, 15) is 14.0 Å². The number of amides is 2. The Morgan fingerprint density at radius 2 is 1.75 bits per heavy atom. The second-order valence-electron chi connectivity index (χ2n) is 6.30. The summed E-state index contributed by atoms with van der Waals surface area (Å²) >= 11 is 0. The normalized spacial score (nSPS) is 18.1. The van der Waals surface area contributed by atoms with Crippen LogP contribution in [0.4, 0.5) is 10.1 Å². The zero-order chi connectivity index (χ0) is 17.7. The van der Waals surface area contributed by atoms with Crippen molar-refractivity contribution in [1.82, 2.24) is 9.80 Å². The number of hydrogen-bond acceptors (Lipinski definition) is 4. The number of hydrogen-bond donors (Lipinski definition) is 2. The van der Waals surface area contributed by atoms with Crippen LogP contribution in [0, 0.1) is 11.7 Å². The summed E-state index contributed by atoms with van der Waals surface area (Å²) in [6, 6.07) is 5.49. The van der Waals surface area contributed by atoms with E-state index in [2.05, 4.69) is 5.32 Å². The fraction of sp³-hybridized carbons (Fsp3) is 0.529. The third-order valence-corrected chi connectivity index (χ3v) is 4.36. The molecule has 1 aromatic carbocycles. The van der Waals surface area contributed by atoms with Crippen LogP contribution in [0.5, 0.6) is 0 Å². The van der Waals surface area contributed by atoms with Gasteiger partial charge in [0.05, 0.1) is 12.5 Å². The van der Waals surface area contributed by atoms with Crippen molar-refractivity contribution in [3.8, 4) is 0 Å². The summed E-state index contributed by atoms with van der Waals surface area (Å²) in [6.45, 7) is 6.41. The standard InChI is InChI=1S/C17H25FN4O2/c1-12(13(2)19)17(24)22-9-7-21(8-10-22)11-16(23)20-15-5-3-14(18)4-6-15/h3-6,12-13H,7-11,19H2,1-2H3,(H,20,23). The van der Waals surface area contributed by atoms with Gasteiger partial charge in [-0.2, -0.15) is 0 Å². The van der Waals surface area contributed by atoms with Crippen molar-refractivity contribution in [2.75, 3.05) is 38.0 Å². The lowest BCUT2D eigenvalue weighted by atomic mass is 10.0. The predicted molar refractivity (Wildman–Crippen MR) is 90.9 cm³/mol. The third kappa shape index (κ3) is 5.01. The molecular weight excluding hydrogens is 311 g/mol. The molecule has 2 unspecified atom stereocenters. The van der Waals surface area contributed by atoms with E-state index in [1.165, 1.54) is 24.3 Å². The minimum atomic E-state index is -0.338. The van der Waals surface area contributed by atoms with Gasteiger partial charge in [0.25, 0.3) is 0 Å². The molecule has 3 N–H and O–H groups in total. The maximum atomic E-state index is 12.8. The Balaban J connectivity index is 1.77. The van der Waals surface area contributed by atoms with Crippen LogP contribution in [0.25, 0.3) is 0 Å². The summed E-state index contributed by atoms with van der Waals surface area (Å²) in [4.78, 5) is 28.1. The molecule has 0 saturated carbocycles. The third-order valence-electron chi connectivity index (χ3n) is 4.36. The summed E-state index contributed by atoms with van der Waals surface area (Å²) in [6.07, 6.45) is 0. The lowest BCUT2D eigenvalue weighted by Gasteiger charge is -2.36. The van der Waals surface area contributed by atoms with Gasteiger partial charge in [0.15, 0.2) is 0 Å². The largest absolute Gasteiger partial charge is 0.340 e. The molecule has 6 nitrogen and oxygen atoms in total. The molecule has 0 aliphatic carbocycles. The molecule has 0 spiro atoms. The minimum absolute atomic E-state index is 0.0698. The Labute approximate surface area is 141 Å². The van der Waals surface area contributed by atoms with Crippen molar-refractivity contribution in [2.24, 2.45) is 11.7 Å². The van der Waals surface area contributed by atoms with Crippen molar-refractivity contribution < 1.29 is 14.0 Å². The van der Waals surface area contributed by atoms with Gasteiger partial charge in [-0.25, -0.2) is 4.39 Å². The molecule has 2 rings (SSSR count). The van der Waals surface area contributed by atoms with Crippen molar-refractivity contribution in [2.45, 2.75) is 19.9 Å². The number of benzene rings is 1. The number of nitrogens with one attached hydrogen (secondary N) is 1. The highest BCUT2D eigenvalue weighted by molar-refractivity contribution is 5.92. The first-order valence-electron chi connectivity index (χ1n) is 8.19. The SMILES string of the molecule is CC(N)C(C)C(=O)N1CCN(CC(=O)Nc2ccc(F)cc2)CC1. The van der Waals surface area contributed by atoms with Gasteiger partial charge in [-0.3, -0.25) is 14.5 Å². The number of nitrogens with zero attached hydrogens (tertiary/aromatic N) is 2. The van der Waals surface area contributed by atoms with Crippen LogP contribution >= 0.6 is 0 Å². The molecular formula is C17H25FN4O2. The average Bonchev–Trinajstić information content (AvgIpc) is 2.56. The van der Waals surface area contributed by atoms with E-state index in [0.29, 0.717) is 31.9 Å². The van der Waals surface area contributed by atoms with Gasteiger partial charge >= 0.3 is 0 Å². The topological polar surface area (TPSA) is 78.7 Å². The van der Waals surface area contributed by atoms with Gasteiger partial charge in [-0.05, 0) is 31.2 Å². The van der Waals surface area contributed by atoms with Gasteiger partial charge < -0.3 is 16.0 Å². The fourth-order valence-electron chi connectivity index (χ4n) is 2.58. The van der Waals surface area contributed by atoms with Gasteiger partial charge in [-0.15, -0.1) is 0 Å². The molecule has 2 atom stereocenters. The highest BCUT2D eigenvalue weighted by Crippen LogP contribution is 2.11. The number of rotatable bonds is 5. The summed E-state index contributed by atoms with van der Waals surface area (Å²) in [7, 11) is 0. The monoisotopic (exact) mass is 336 g/mol. The fourth-order valence-corrected chi connectivity index (χ4v) is 2.58. The molecule has 2 amide bonds. The predicted octanol–water partition coefficient (Wildman–Crippen LogP) is 0.892. The van der Waals surface area contributed by atoms with E-state index in [4.69, 9.17) is 5.73 Å². The second kappa shape index (κ2) is 8.21. The van der Waals surface area contributed by atoms with E-state index in [1.807, 2.05) is 23.6 Å². The molecule has 1 aromatic rings. The summed E-state index contributed by atoms with van der Waals surface area (Å²) < 4.78 is 12.8. The number of halogens is 1. The quantitative estimate of drug-likeness (QED) is 0.837. The first kappa shape index (κ1) is 18.4. The van der Waals surface area contributed by atoms with Gasteiger partial charge in [0, 0.05) is 37.9 Å². The van der Waals surface area contributed by atoms with Crippen LogP contribution in [0.1, 0.15) is 13.8 Å². The molecule has 24 heavy (non-hydrogen) atoms.